The maximum Gasteiger partial charge on any atom is 0.0922 e. The average Bonchev–Trinajstić information content (AvgIpc) is 2.55. The van der Waals surface area contributed by atoms with Gasteiger partial charge in [-0.1, -0.05) is 13.3 Å². The van der Waals surface area contributed by atoms with Gasteiger partial charge in [-0.15, -0.1) is 11.3 Å². The molecule has 1 aromatic heterocycles. The van der Waals surface area contributed by atoms with Crippen LogP contribution in [0.4, 0.5) is 0 Å². The molecule has 1 heterocycles. The molecule has 0 amide bonds. The zero-order valence-corrected chi connectivity index (χ0v) is 10.6. The molecule has 2 nitrogen and oxygen atoms in total. The molecule has 0 aliphatic carbocycles. The number of thiophene rings is 1. The molecule has 1 aromatic rings. The highest BCUT2D eigenvalue weighted by molar-refractivity contribution is 7.12. The van der Waals surface area contributed by atoms with E-state index in [0.29, 0.717) is 6.54 Å². The molecule has 3 heteroatoms. The highest BCUT2D eigenvalue weighted by atomic mass is 32.1. The van der Waals surface area contributed by atoms with Crippen LogP contribution in [0.2, 0.25) is 0 Å². The van der Waals surface area contributed by atoms with Crippen molar-refractivity contribution in [3.63, 3.8) is 0 Å². The predicted molar refractivity (Wildman–Crippen MR) is 66.2 cm³/mol. The van der Waals surface area contributed by atoms with Crippen molar-refractivity contribution >= 4 is 11.3 Å². The minimum atomic E-state index is -0.382. The van der Waals surface area contributed by atoms with Crippen molar-refractivity contribution in [3.05, 3.63) is 21.4 Å². The summed E-state index contributed by atoms with van der Waals surface area (Å²) in [5, 5.41) is 10.2. The van der Waals surface area contributed by atoms with Crippen LogP contribution in [0, 0.1) is 19.8 Å². The van der Waals surface area contributed by atoms with Gasteiger partial charge in [0, 0.05) is 15.7 Å². The van der Waals surface area contributed by atoms with Crippen molar-refractivity contribution in [2.24, 2.45) is 11.7 Å². The summed E-state index contributed by atoms with van der Waals surface area (Å²) in [6.07, 6.45) is 1.68. The summed E-state index contributed by atoms with van der Waals surface area (Å²) in [4.78, 5) is 2.35. The molecular formula is C12H21NOS. The third-order valence-corrected chi connectivity index (χ3v) is 4.11. The highest BCUT2D eigenvalue weighted by Gasteiger charge is 2.20. The zero-order valence-electron chi connectivity index (χ0n) is 9.79. The lowest BCUT2D eigenvalue weighted by Gasteiger charge is -2.19. The van der Waals surface area contributed by atoms with Crippen LogP contribution in [-0.2, 0) is 0 Å². The Morgan fingerprint density at radius 3 is 2.53 bits per heavy atom. The quantitative estimate of drug-likeness (QED) is 0.812. The van der Waals surface area contributed by atoms with E-state index in [1.54, 1.807) is 11.3 Å². The molecule has 2 atom stereocenters. The van der Waals surface area contributed by atoms with Crippen LogP contribution in [0.5, 0.6) is 0 Å². The Balaban J connectivity index is 2.77. The topological polar surface area (TPSA) is 46.2 Å². The van der Waals surface area contributed by atoms with Crippen molar-refractivity contribution < 1.29 is 5.11 Å². The number of aliphatic hydroxyl groups excluding tert-OH is 1. The second-order valence-corrected chi connectivity index (χ2v) is 5.41. The SMILES string of the molecule is CCCC(CN)C(O)c1cc(C)c(C)s1. The highest BCUT2D eigenvalue weighted by Crippen LogP contribution is 2.32. The lowest BCUT2D eigenvalue weighted by atomic mass is 9.96. The molecule has 0 fully saturated rings. The molecule has 0 aromatic carbocycles. The van der Waals surface area contributed by atoms with Gasteiger partial charge in [0.25, 0.3) is 0 Å². The van der Waals surface area contributed by atoms with Crippen molar-refractivity contribution in [3.8, 4) is 0 Å². The molecule has 0 spiro atoms. The van der Waals surface area contributed by atoms with Gasteiger partial charge in [0.2, 0.25) is 0 Å². The van der Waals surface area contributed by atoms with E-state index < -0.39 is 0 Å². The summed E-state index contributed by atoms with van der Waals surface area (Å²) in [7, 11) is 0. The standard InChI is InChI=1S/C12H21NOS/c1-4-5-10(7-13)12(14)11-6-8(2)9(3)15-11/h6,10,12,14H,4-5,7,13H2,1-3H3. The van der Waals surface area contributed by atoms with Gasteiger partial charge < -0.3 is 10.8 Å². The molecule has 0 saturated carbocycles. The summed E-state index contributed by atoms with van der Waals surface area (Å²) in [5.74, 6) is 0.201. The minimum Gasteiger partial charge on any atom is -0.387 e. The Labute approximate surface area is 96.1 Å². The van der Waals surface area contributed by atoms with Crippen LogP contribution in [-0.4, -0.2) is 11.7 Å². The molecule has 1 rings (SSSR count). The van der Waals surface area contributed by atoms with Gasteiger partial charge in [0.1, 0.15) is 0 Å². The van der Waals surface area contributed by atoms with E-state index in [2.05, 4.69) is 26.8 Å². The molecule has 0 bridgehead atoms. The molecule has 0 aliphatic heterocycles. The second-order valence-electron chi connectivity index (χ2n) is 4.12. The zero-order chi connectivity index (χ0) is 11.4. The fourth-order valence-corrected chi connectivity index (χ4v) is 2.88. The fraction of sp³-hybridized carbons (Fsp3) is 0.667. The molecular weight excluding hydrogens is 206 g/mol. The van der Waals surface area contributed by atoms with Crippen molar-refractivity contribution in [1.29, 1.82) is 0 Å². The summed E-state index contributed by atoms with van der Waals surface area (Å²) < 4.78 is 0. The number of aryl methyl sites for hydroxylation is 2. The number of nitrogens with two attached hydrogens (primary N) is 1. The molecule has 3 N–H and O–H groups in total. The largest absolute Gasteiger partial charge is 0.387 e. The van der Waals surface area contributed by atoms with Gasteiger partial charge in [-0.3, -0.25) is 0 Å². The van der Waals surface area contributed by atoms with E-state index in [4.69, 9.17) is 5.73 Å². The molecule has 2 unspecified atom stereocenters. The number of rotatable bonds is 5. The predicted octanol–water partition coefficient (Wildman–Crippen LogP) is 2.77. The third kappa shape index (κ3) is 3.03. The summed E-state index contributed by atoms with van der Waals surface area (Å²) >= 11 is 1.69. The minimum absolute atomic E-state index is 0.201. The number of hydrogen-bond donors (Lipinski definition) is 2. The summed E-state index contributed by atoms with van der Waals surface area (Å²) in [5.41, 5.74) is 6.95. The van der Waals surface area contributed by atoms with E-state index in [1.807, 2.05) is 0 Å². The molecule has 0 aliphatic rings. The van der Waals surface area contributed by atoms with E-state index in [0.717, 1.165) is 17.7 Å². The second kappa shape index (κ2) is 5.64. The Morgan fingerprint density at radius 2 is 2.13 bits per heavy atom. The first-order valence-electron chi connectivity index (χ1n) is 5.55. The normalized spacial score (nSPS) is 15.3. The maximum absolute atomic E-state index is 10.2. The third-order valence-electron chi connectivity index (χ3n) is 2.89. The van der Waals surface area contributed by atoms with Gasteiger partial charge in [-0.2, -0.15) is 0 Å². The smallest absolute Gasteiger partial charge is 0.0922 e. The lowest BCUT2D eigenvalue weighted by Crippen LogP contribution is -2.21. The molecule has 0 radical (unpaired) electrons. The van der Waals surface area contributed by atoms with Crippen molar-refractivity contribution in [2.45, 2.75) is 39.7 Å². The van der Waals surface area contributed by atoms with Gasteiger partial charge in [0.15, 0.2) is 0 Å². The molecule has 0 saturated heterocycles. The van der Waals surface area contributed by atoms with Crippen LogP contribution in [0.1, 0.15) is 41.2 Å². The van der Waals surface area contributed by atoms with Crippen LogP contribution >= 0.6 is 11.3 Å². The van der Waals surface area contributed by atoms with E-state index in [9.17, 15) is 5.11 Å². The average molecular weight is 227 g/mol. The maximum atomic E-state index is 10.2. The van der Waals surface area contributed by atoms with E-state index in [-0.39, 0.29) is 12.0 Å². The first-order valence-corrected chi connectivity index (χ1v) is 6.36. The Bertz CT molecular complexity index is 289. The van der Waals surface area contributed by atoms with Crippen molar-refractivity contribution in [2.75, 3.05) is 6.54 Å². The fourth-order valence-electron chi connectivity index (χ4n) is 1.76. The van der Waals surface area contributed by atoms with Crippen molar-refractivity contribution in [1.82, 2.24) is 0 Å². The Kier molecular flexibility index (Phi) is 4.77. The Hall–Kier alpha value is -0.380. The van der Waals surface area contributed by atoms with Gasteiger partial charge in [-0.05, 0) is 38.4 Å². The van der Waals surface area contributed by atoms with E-state index in [1.165, 1.54) is 10.4 Å². The number of aliphatic hydroxyl groups is 1. The monoisotopic (exact) mass is 227 g/mol. The molecule has 15 heavy (non-hydrogen) atoms. The van der Waals surface area contributed by atoms with Crippen LogP contribution in [0.15, 0.2) is 6.07 Å². The van der Waals surface area contributed by atoms with Gasteiger partial charge >= 0.3 is 0 Å². The first kappa shape index (κ1) is 12.7. The van der Waals surface area contributed by atoms with E-state index >= 15 is 0 Å². The van der Waals surface area contributed by atoms with Crippen LogP contribution < -0.4 is 5.73 Å². The summed E-state index contributed by atoms with van der Waals surface area (Å²) in [6, 6.07) is 2.09. The summed E-state index contributed by atoms with van der Waals surface area (Å²) in [6.45, 7) is 6.86. The first-order chi connectivity index (χ1) is 7.10. The lowest BCUT2D eigenvalue weighted by molar-refractivity contribution is 0.110. The van der Waals surface area contributed by atoms with Gasteiger partial charge in [0.05, 0.1) is 6.10 Å². The van der Waals surface area contributed by atoms with Crippen LogP contribution in [0.25, 0.3) is 0 Å². The van der Waals surface area contributed by atoms with Gasteiger partial charge in [-0.25, -0.2) is 0 Å². The van der Waals surface area contributed by atoms with Crippen LogP contribution in [0.3, 0.4) is 0 Å². The molecule has 86 valence electrons. The Morgan fingerprint density at radius 1 is 1.47 bits per heavy atom. The number of hydrogen-bond acceptors (Lipinski definition) is 3.